The molecule has 0 unspecified atom stereocenters. The molecule has 0 bridgehead atoms. The summed E-state index contributed by atoms with van der Waals surface area (Å²) in [6.07, 6.45) is 0. The molecular weight excluding hydrogens is 152 g/mol. The van der Waals surface area contributed by atoms with Crippen molar-refractivity contribution in [2.45, 2.75) is 6.61 Å². The first kappa shape index (κ1) is 7.94. The standard InChI is InChI=1S/C7H7F2NO/c8-4-1-6(9)5(3-11)7(10)2-4/h1-2,11H,3,10H2. The molecule has 0 aliphatic heterocycles. The average molecular weight is 159 g/mol. The van der Waals surface area contributed by atoms with Crippen LogP contribution < -0.4 is 5.73 Å². The van der Waals surface area contributed by atoms with E-state index in [1.54, 1.807) is 0 Å². The molecule has 0 aromatic heterocycles. The number of hydrogen-bond donors (Lipinski definition) is 2. The first-order chi connectivity index (χ1) is 5.15. The van der Waals surface area contributed by atoms with Crippen LogP contribution in [-0.4, -0.2) is 5.11 Å². The normalized spacial score (nSPS) is 10.1. The maximum atomic E-state index is 12.6. The third-order valence-electron chi connectivity index (χ3n) is 1.35. The lowest BCUT2D eigenvalue weighted by Crippen LogP contribution is -1.98. The summed E-state index contributed by atoms with van der Waals surface area (Å²) in [7, 11) is 0. The van der Waals surface area contributed by atoms with Crippen LogP contribution in [0.5, 0.6) is 0 Å². The number of aliphatic hydroxyl groups excluding tert-OH is 1. The minimum Gasteiger partial charge on any atom is -0.398 e. The van der Waals surface area contributed by atoms with Gasteiger partial charge in [0, 0.05) is 17.3 Å². The Bertz CT molecular complexity index is 252. The number of nitrogen functional groups attached to an aromatic ring is 1. The van der Waals surface area contributed by atoms with Crippen LogP contribution in [0.15, 0.2) is 12.1 Å². The van der Waals surface area contributed by atoms with E-state index in [-0.39, 0.29) is 11.3 Å². The molecule has 4 heteroatoms. The summed E-state index contributed by atoms with van der Waals surface area (Å²) in [5.74, 6) is -1.55. The van der Waals surface area contributed by atoms with Crippen LogP contribution in [0.3, 0.4) is 0 Å². The average Bonchev–Trinajstić information content (AvgIpc) is 1.85. The van der Waals surface area contributed by atoms with Crippen LogP contribution in [0.4, 0.5) is 14.5 Å². The van der Waals surface area contributed by atoms with E-state index in [4.69, 9.17) is 10.8 Å². The fourth-order valence-electron chi connectivity index (χ4n) is 0.790. The van der Waals surface area contributed by atoms with Crippen molar-refractivity contribution < 1.29 is 13.9 Å². The van der Waals surface area contributed by atoms with Gasteiger partial charge in [0.1, 0.15) is 11.6 Å². The molecule has 60 valence electrons. The summed E-state index contributed by atoms with van der Waals surface area (Å²) in [5.41, 5.74) is 5.06. The highest BCUT2D eigenvalue weighted by atomic mass is 19.1. The van der Waals surface area contributed by atoms with E-state index in [0.29, 0.717) is 6.07 Å². The molecule has 0 spiro atoms. The third-order valence-corrected chi connectivity index (χ3v) is 1.35. The Labute approximate surface area is 62.3 Å². The van der Waals surface area contributed by atoms with Gasteiger partial charge in [0.25, 0.3) is 0 Å². The molecule has 3 N–H and O–H groups in total. The fourth-order valence-corrected chi connectivity index (χ4v) is 0.790. The predicted molar refractivity (Wildman–Crippen MR) is 36.7 cm³/mol. The maximum Gasteiger partial charge on any atom is 0.133 e. The van der Waals surface area contributed by atoms with Crippen LogP contribution in [0.1, 0.15) is 5.56 Å². The van der Waals surface area contributed by atoms with Gasteiger partial charge in [-0.25, -0.2) is 8.78 Å². The number of benzene rings is 1. The molecule has 0 aliphatic rings. The van der Waals surface area contributed by atoms with Gasteiger partial charge in [-0.15, -0.1) is 0 Å². The summed E-state index contributed by atoms with van der Waals surface area (Å²) in [6, 6.07) is 1.65. The van der Waals surface area contributed by atoms with Crippen LogP contribution in [0.25, 0.3) is 0 Å². The SMILES string of the molecule is Nc1cc(F)cc(F)c1CO. The van der Waals surface area contributed by atoms with Crippen molar-refractivity contribution in [1.82, 2.24) is 0 Å². The van der Waals surface area contributed by atoms with Gasteiger partial charge in [0.15, 0.2) is 0 Å². The number of anilines is 1. The lowest BCUT2D eigenvalue weighted by Gasteiger charge is -2.02. The van der Waals surface area contributed by atoms with E-state index in [9.17, 15) is 8.78 Å². The van der Waals surface area contributed by atoms with Crippen LogP contribution in [0, 0.1) is 11.6 Å². The Morgan fingerprint density at radius 3 is 2.45 bits per heavy atom. The van der Waals surface area contributed by atoms with Crippen molar-refractivity contribution in [2.75, 3.05) is 5.73 Å². The molecule has 0 saturated heterocycles. The zero-order valence-electron chi connectivity index (χ0n) is 5.64. The molecule has 0 atom stereocenters. The third kappa shape index (κ3) is 1.46. The monoisotopic (exact) mass is 159 g/mol. The fraction of sp³-hybridized carbons (Fsp3) is 0.143. The van der Waals surface area contributed by atoms with E-state index < -0.39 is 18.2 Å². The van der Waals surface area contributed by atoms with Gasteiger partial charge in [-0.1, -0.05) is 0 Å². The molecule has 0 radical (unpaired) electrons. The van der Waals surface area contributed by atoms with Gasteiger partial charge in [0.2, 0.25) is 0 Å². The van der Waals surface area contributed by atoms with Crippen molar-refractivity contribution in [3.05, 3.63) is 29.3 Å². The summed E-state index contributed by atoms with van der Waals surface area (Å²) < 4.78 is 25.0. The molecular formula is C7H7F2NO. The Morgan fingerprint density at radius 1 is 1.36 bits per heavy atom. The first-order valence-corrected chi connectivity index (χ1v) is 2.99. The Kier molecular flexibility index (Phi) is 2.05. The second-order valence-electron chi connectivity index (χ2n) is 2.11. The van der Waals surface area contributed by atoms with Gasteiger partial charge in [-0.3, -0.25) is 0 Å². The van der Waals surface area contributed by atoms with E-state index >= 15 is 0 Å². The molecule has 0 fully saturated rings. The summed E-state index contributed by atoms with van der Waals surface area (Å²) >= 11 is 0. The minimum atomic E-state index is -0.815. The van der Waals surface area contributed by atoms with Gasteiger partial charge >= 0.3 is 0 Å². The predicted octanol–water partition coefficient (Wildman–Crippen LogP) is 1.04. The lowest BCUT2D eigenvalue weighted by molar-refractivity contribution is 0.276. The van der Waals surface area contributed by atoms with Crippen LogP contribution in [0.2, 0.25) is 0 Å². The Hall–Kier alpha value is -1.16. The zero-order valence-corrected chi connectivity index (χ0v) is 5.64. The summed E-state index contributed by atoms with van der Waals surface area (Å²) in [4.78, 5) is 0. The Morgan fingerprint density at radius 2 is 2.00 bits per heavy atom. The quantitative estimate of drug-likeness (QED) is 0.601. The van der Waals surface area contributed by atoms with Gasteiger partial charge in [-0.05, 0) is 6.07 Å². The zero-order chi connectivity index (χ0) is 8.43. The number of halogens is 2. The maximum absolute atomic E-state index is 12.6. The number of nitrogens with two attached hydrogens (primary N) is 1. The van der Waals surface area contributed by atoms with E-state index in [1.165, 1.54) is 0 Å². The van der Waals surface area contributed by atoms with E-state index in [0.717, 1.165) is 6.07 Å². The highest BCUT2D eigenvalue weighted by Gasteiger charge is 2.06. The molecule has 0 saturated carbocycles. The summed E-state index contributed by atoms with van der Waals surface area (Å²) in [6.45, 7) is -0.516. The second-order valence-corrected chi connectivity index (χ2v) is 2.11. The topological polar surface area (TPSA) is 46.2 Å². The first-order valence-electron chi connectivity index (χ1n) is 2.99. The van der Waals surface area contributed by atoms with E-state index in [1.807, 2.05) is 0 Å². The number of hydrogen-bond acceptors (Lipinski definition) is 2. The highest BCUT2D eigenvalue weighted by Crippen LogP contribution is 2.17. The van der Waals surface area contributed by atoms with Gasteiger partial charge in [0.05, 0.1) is 6.61 Å². The molecule has 11 heavy (non-hydrogen) atoms. The minimum absolute atomic E-state index is 0.0635. The highest BCUT2D eigenvalue weighted by molar-refractivity contribution is 5.47. The molecule has 1 aromatic carbocycles. The van der Waals surface area contributed by atoms with Crippen molar-refractivity contribution in [3.8, 4) is 0 Å². The van der Waals surface area contributed by atoms with Crippen molar-refractivity contribution >= 4 is 5.69 Å². The lowest BCUT2D eigenvalue weighted by atomic mass is 10.2. The van der Waals surface area contributed by atoms with E-state index in [2.05, 4.69) is 0 Å². The molecule has 0 heterocycles. The molecule has 0 aliphatic carbocycles. The van der Waals surface area contributed by atoms with Crippen molar-refractivity contribution in [2.24, 2.45) is 0 Å². The van der Waals surface area contributed by atoms with Gasteiger partial charge in [-0.2, -0.15) is 0 Å². The van der Waals surface area contributed by atoms with Crippen molar-refractivity contribution in [3.63, 3.8) is 0 Å². The van der Waals surface area contributed by atoms with Crippen LogP contribution in [-0.2, 0) is 6.61 Å². The molecule has 1 aromatic rings. The van der Waals surface area contributed by atoms with Crippen molar-refractivity contribution in [1.29, 1.82) is 0 Å². The molecule has 0 amide bonds. The second kappa shape index (κ2) is 2.84. The summed E-state index contributed by atoms with van der Waals surface area (Å²) in [5, 5.41) is 8.55. The number of aliphatic hydroxyl groups is 1. The smallest absolute Gasteiger partial charge is 0.133 e. The number of rotatable bonds is 1. The molecule has 1 rings (SSSR count). The largest absolute Gasteiger partial charge is 0.398 e. The van der Waals surface area contributed by atoms with Gasteiger partial charge < -0.3 is 10.8 Å². The Balaban J connectivity index is 3.25. The van der Waals surface area contributed by atoms with Crippen LogP contribution >= 0.6 is 0 Å². The molecule has 2 nitrogen and oxygen atoms in total.